The third-order valence-corrected chi connectivity index (χ3v) is 6.12. The van der Waals surface area contributed by atoms with Crippen molar-refractivity contribution in [1.29, 1.82) is 0 Å². The van der Waals surface area contributed by atoms with Crippen molar-refractivity contribution in [2.75, 3.05) is 6.61 Å². The van der Waals surface area contributed by atoms with Crippen molar-refractivity contribution in [1.82, 2.24) is 0 Å². The van der Waals surface area contributed by atoms with E-state index in [1.807, 2.05) is 0 Å². The van der Waals surface area contributed by atoms with Crippen LogP contribution in [0.4, 0.5) is 0 Å². The Labute approximate surface area is 161 Å². The smallest absolute Gasteiger partial charge is 0.184 e. The SMILES string of the molecule is C/C(=C\CO[Si](C)(C)C)CCCC(C)CCCC(C)CCCC(C)C. The summed E-state index contributed by atoms with van der Waals surface area (Å²) in [4.78, 5) is 0. The van der Waals surface area contributed by atoms with Gasteiger partial charge in [-0.2, -0.15) is 0 Å². The highest BCUT2D eigenvalue weighted by Crippen LogP contribution is 2.22. The fraction of sp³-hybridized carbons (Fsp3) is 0.913. The zero-order valence-corrected chi connectivity index (χ0v) is 19.8. The van der Waals surface area contributed by atoms with Crippen molar-refractivity contribution in [2.45, 2.75) is 112 Å². The molecule has 0 radical (unpaired) electrons. The van der Waals surface area contributed by atoms with Gasteiger partial charge >= 0.3 is 0 Å². The summed E-state index contributed by atoms with van der Waals surface area (Å²) in [5.74, 6) is 2.67. The quantitative estimate of drug-likeness (QED) is 0.209. The van der Waals surface area contributed by atoms with Crippen molar-refractivity contribution < 1.29 is 4.43 Å². The maximum absolute atomic E-state index is 5.91. The molecule has 0 heterocycles. The first-order valence-corrected chi connectivity index (χ1v) is 14.3. The van der Waals surface area contributed by atoms with E-state index in [0.717, 1.165) is 24.4 Å². The number of hydrogen-bond acceptors (Lipinski definition) is 1. The van der Waals surface area contributed by atoms with E-state index in [2.05, 4.69) is 60.3 Å². The van der Waals surface area contributed by atoms with Gasteiger partial charge < -0.3 is 4.43 Å². The summed E-state index contributed by atoms with van der Waals surface area (Å²) < 4.78 is 5.91. The molecule has 0 fully saturated rings. The lowest BCUT2D eigenvalue weighted by Crippen LogP contribution is -2.25. The first kappa shape index (κ1) is 24.9. The van der Waals surface area contributed by atoms with E-state index in [1.54, 1.807) is 0 Å². The molecule has 0 aromatic rings. The number of rotatable bonds is 15. The Balaban J connectivity index is 3.66. The van der Waals surface area contributed by atoms with Crippen LogP contribution in [0.15, 0.2) is 11.6 Å². The lowest BCUT2D eigenvalue weighted by atomic mass is 9.91. The Bertz CT molecular complexity index is 340. The van der Waals surface area contributed by atoms with Gasteiger partial charge in [-0.1, -0.05) is 84.3 Å². The van der Waals surface area contributed by atoms with Crippen LogP contribution < -0.4 is 0 Å². The van der Waals surface area contributed by atoms with Crippen LogP contribution in [0.2, 0.25) is 19.6 Å². The molecule has 1 nitrogen and oxygen atoms in total. The van der Waals surface area contributed by atoms with Gasteiger partial charge in [0, 0.05) is 0 Å². The molecule has 2 heteroatoms. The minimum Gasteiger partial charge on any atom is -0.414 e. The maximum atomic E-state index is 5.91. The van der Waals surface area contributed by atoms with E-state index in [9.17, 15) is 0 Å². The van der Waals surface area contributed by atoms with Crippen molar-refractivity contribution in [3.63, 3.8) is 0 Å². The first-order chi connectivity index (χ1) is 11.6. The van der Waals surface area contributed by atoms with Gasteiger partial charge in [0.25, 0.3) is 0 Å². The molecular weight excluding hydrogens is 320 g/mol. The molecule has 2 unspecified atom stereocenters. The zero-order valence-electron chi connectivity index (χ0n) is 18.8. The molecule has 150 valence electrons. The predicted molar refractivity (Wildman–Crippen MR) is 118 cm³/mol. The fourth-order valence-electron chi connectivity index (χ4n) is 3.24. The van der Waals surface area contributed by atoms with Gasteiger partial charge in [0.1, 0.15) is 0 Å². The van der Waals surface area contributed by atoms with Crippen molar-refractivity contribution in [3.05, 3.63) is 11.6 Å². The highest BCUT2D eigenvalue weighted by Gasteiger charge is 2.12. The largest absolute Gasteiger partial charge is 0.414 e. The van der Waals surface area contributed by atoms with E-state index in [1.165, 1.54) is 63.4 Å². The summed E-state index contributed by atoms with van der Waals surface area (Å²) in [5, 5.41) is 0. The molecular formula is C23H48OSi. The van der Waals surface area contributed by atoms with Gasteiger partial charge in [-0.05, 0) is 57.2 Å². The van der Waals surface area contributed by atoms with Gasteiger partial charge in [-0.15, -0.1) is 0 Å². The van der Waals surface area contributed by atoms with Crippen LogP contribution in [0.3, 0.4) is 0 Å². The lowest BCUT2D eigenvalue weighted by molar-refractivity contribution is 0.356. The summed E-state index contributed by atoms with van der Waals surface area (Å²) >= 11 is 0. The molecule has 0 N–H and O–H groups in total. The third kappa shape index (κ3) is 18.5. The second kappa shape index (κ2) is 14.0. The number of hydrogen-bond donors (Lipinski definition) is 0. The van der Waals surface area contributed by atoms with Crippen molar-refractivity contribution >= 4 is 8.32 Å². The summed E-state index contributed by atoms with van der Waals surface area (Å²) in [6.07, 6.45) is 14.7. The fourth-order valence-corrected chi connectivity index (χ4v) is 3.83. The summed E-state index contributed by atoms with van der Waals surface area (Å²) in [6, 6.07) is 0. The molecule has 0 aromatic carbocycles. The van der Waals surface area contributed by atoms with Crippen LogP contribution in [0.1, 0.15) is 92.4 Å². The van der Waals surface area contributed by atoms with Gasteiger partial charge in [0.15, 0.2) is 8.32 Å². The van der Waals surface area contributed by atoms with Crippen LogP contribution in [-0.4, -0.2) is 14.9 Å². The average molecular weight is 369 g/mol. The summed E-state index contributed by atoms with van der Waals surface area (Å²) in [5.41, 5.74) is 1.50. The van der Waals surface area contributed by atoms with Crippen molar-refractivity contribution in [3.8, 4) is 0 Å². The van der Waals surface area contributed by atoms with Gasteiger partial charge in [0.05, 0.1) is 6.61 Å². The minimum atomic E-state index is -1.36. The third-order valence-electron chi connectivity index (χ3n) is 5.09. The van der Waals surface area contributed by atoms with E-state index in [0.29, 0.717) is 0 Å². The standard InChI is InChI=1S/C23H48OSi/c1-20(2)12-9-13-21(3)14-10-15-22(4)16-11-17-23(5)18-19-24-25(6,7)8/h18,20-22H,9-17,19H2,1-8H3/b23-18+. The Morgan fingerprint density at radius 3 is 1.76 bits per heavy atom. The van der Waals surface area contributed by atoms with Crippen molar-refractivity contribution in [2.24, 2.45) is 17.8 Å². The van der Waals surface area contributed by atoms with Crippen LogP contribution >= 0.6 is 0 Å². The van der Waals surface area contributed by atoms with E-state index in [-0.39, 0.29) is 0 Å². The van der Waals surface area contributed by atoms with Crippen LogP contribution in [0, 0.1) is 17.8 Å². The molecule has 0 aliphatic rings. The Morgan fingerprint density at radius 1 is 0.800 bits per heavy atom. The van der Waals surface area contributed by atoms with Crippen LogP contribution in [0.5, 0.6) is 0 Å². The molecule has 0 saturated heterocycles. The second-order valence-electron chi connectivity index (χ2n) is 9.83. The Hall–Kier alpha value is -0.0831. The van der Waals surface area contributed by atoms with E-state index in [4.69, 9.17) is 4.43 Å². The molecule has 25 heavy (non-hydrogen) atoms. The molecule has 2 atom stereocenters. The van der Waals surface area contributed by atoms with Gasteiger partial charge in [0.2, 0.25) is 0 Å². The molecule has 0 aliphatic heterocycles. The monoisotopic (exact) mass is 368 g/mol. The highest BCUT2D eigenvalue weighted by molar-refractivity contribution is 6.69. The summed E-state index contributed by atoms with van der Waals surface area (Å²) in [7, 11) is -1.36. The normalized spacial score (nSPS) is 15.6. The topological polar surface area (TPSA) is 9.23 Å². The van der Waals surface area contributed by atoms with Crippen LogP contribution in [0.25, 0.3) is 0 Å². The van der Waals surface area contributed by atoms with E-state index >= 15 is 0 Å². The minimum absolute atomic E-state index is 0.811. The maximum Gasteiger partial charge on any atom is 0.184 e. The Morgan fingerprint density at radius 2 is 1.28 bits per heavy atom. The molecule has 0 bridgehead atoms. The predicted octanol–water partition coefficient (Wildman–Crippen LogP) is 8.22. The molecule has 0 saturated carbocycles. The van der Waals surface area contributed by atoms with Crippen LogP contribution in [-0.2, 0) is 4.43 Å². The first-order valence-electron chi connectivity index (χ1n) is 10.9. The average Bonchev–Trinajstić information content (AvgIpc) is 2.45. The van der Waals surface area contributed by atoms with Gasteiger partial charge in [-0.3, -0.25) is 0 Å². The number of allylic oxidation sites excluding steroid dienone is 1. The highest BCUT2D eigenvalue weighted by atomic mass is 28.4. The van der Waals surface area contributed by atoms with Gasteiger partial charge in [-0.25, -0.2) is 0 Å². The summed E-state index contributed by atoms with van der Waals surface area (Å²) in [6.45, 7) is 19.4. The molecule has 0 aromatic heterocycles. The lowest BCUT2D eigenvalue weighted by Gasteiger charge is -2.16. The zero-order chi connectivity index (χ0) is 19.3. The second-order valence-corrected chi connectivity index (χ2v) is 14.3. The molecule has 0 aliphatic carbocycles. The Kier molecular flexibility index (Phi) is 14.0. The van der Waals surface area contributed by atoms with E-state index < -0.39 is 8.32 Å². The molecule has 0 spiro atoms. The molecule has 0 amide bonds. The molecule has 0 rings (SSSR count).